The van der Waals surface area contributed by atoms with Crippen LogP contribution in [0.1, 0.15) is 25.0 Å². The fraction of sp³-hybridized carbons (Fsp3) is 0.211. The molecule has 0 amide bonds. The van der Waals surface area contributed by atoms with Crippen molar-refractivity contribution in [2.45, 2.75) is 19.4 Å². The van der Waals surface area contributed by atoms with Gasteiger partial charge in [0.25, 0.3) is 0 Å². The minimum Gasteiger partial charge on any atom is -0.478 e. The first kappa shape index (κ1) is 16.6. The second-order valence-corrected chi connectivity index (χ2v) is 6.43. The van der Waals surface area contributed by atoms with Crippen molar-refractivity contribution in [3.05, 3.63) is 65.5 Å². The van der Waals surface area contributed by atoms with Crippen LogP contribution in [0.5, 0.6) is 5.75 Å². The maximum atomic E-state index is 13.6. The monoisotopic (exact) mass is 344 g/mol. The number of halogens is 1. The molecule has 3 nitrogen and oxygen atoms in total. The summed E-state index contributed by atoms with van der Waals surface area (Å²) in [7, 11) is 0. The lowest BCUT2D eigenvalue weighted by Crippen LogP contribution is -2.29. The quantitative estimate of drug-likeness (QED) is 0.751. The summed E-state index contributed by atoms with van der Waals surface area (Å²) < 4.78 is 24.9. The van der Waals surface area contributed by atoms with Crippen LogP contribution in [0.2, 0.25) is 0 Å². The molecule has 124 valence electrons. The number of hydrogen-bond donors (Lipinski definition) is 0. The van der Waals surface area contributed by atoms with Gasteiger partial charge in [0.05, 0.1) is 17.6 Å². The number of Topliss-reactive ketones (excluding diaryl/α,β-unsaturated/α-hetero) is 1. The van der Waals surface area contributed by atoms with Crippen molar-refractivity contribution in [1.82, 2.24) is 0 Å². The first-order valence-corrected chi connectivity index (χ1v) is 8.62. The fourth-order valence-electron chi connectivity index (χ4n) is 2.62. The molecule has 2 aromatic rings. The van der Waals surface area contributed by atoms with Crippen molar-refractivity contribution in [3.8, 4) is 5.75 Å². The molecule has 0 aromatic heterocycles. The summed E-state index contributed by atoms with van der Waals surface area (Å²) >= 11 is 1.25. The Kier molecular flexibility index (Phi) is 4.37. The zero-order chi connectivity index (χ0) is 17.3. The lowest BCUT2D eigenvalue weighted by molar-refractivity contribution is -0.125. The van der Waals surface area contributed by atoms with Gasteiger partial charge in [-0.1, -0.05) is 12.1 Å². The minimum absolute atomic E-state index is 0.160. The first-order valence-electron chi connectivity index (χ1n) is 7.47. The molecular weight excluding hydrogens is 327 g/mol. The maximum Gasteiger partial charge on any atom is 0.210 e. The number of carbonyl (C=O) groups is 1. The van der Waals surface area contributed by atoms with Crippen LogP contribution in [0.15, 0.2) is 48.5 Å². The highest BCUT2D eigenvalue weighted by Gasteiger charge is 2.42. The average Bonchev–Trinajstić information content (AvgIpc) is 2.79. The van der Waals surface area contributed by atoms with Gasteiger partial charge in [-0.25, -0.2) is 4.39 Å². The number of hydrogen-bond acceptors (Lipinski definition) is 4. The molecule has 0 unspecified atom stereocenters. The molecule has 0 saturated carbocycles. The largest absolute Gasteiger partial charge is 0.478 e. The van der Waals surface area contributed by atoms with E-state index in [1.807, 2.05) is 18.4 Å². The summed E-state index contributed by atoms with van der Waals surface area (Å²) in [4.78, 5) is 12.8. The Morgan fingerprint density at radius 1 is 1.08 bits per heavy atom. The summed E-state index contributed by atoms with van der Waals surface area (Å²) in [5.41, 5.74) is 0.690. The Hall–Kier alpha value is -2.27. The van der Waals surface area contributed by atoms with Gasteiger partial charge in [-0.3, -0.25) is 4.79 Å². The highest BCUT2D eigenvalue weighted by Crippen LogP contribution is 2.41. The van der Waals surface area contributed by atoms with E-state index in [0.29, 0.717) is 22.6 Å². The van der Waals surface area contributed by atoms with Crippen LogP contribution in [0.25, 0.3) is 11.3 Å². The van der Waals surface area contributed by atoms with Gasteiger partial charge in [-0.15, -0.1) is 0 Å². The summed E-state index contributed by atoms with van der Waals surface area (Å²) in [6, 6.07) is 13.3. The van der Waals surface area contributed by atoms with Crippen molar-refractivity contribution in [2.75, 3.05) is 6.26 Å². The molecule has 0 aliphatic carbocycles. The van der Waals surface area contributed by atoms with Gasteiger partial charge in [0.2, 0.25) is 5.78 Å². The number of rotatable bonds is 4. The van der Waals surface area contributed by atoms with Gasteiger partial charge < -0.3 is 8.92 Å². The van der Waals surface area contributed by atoms with Crippen LogP contribution in [-0.2, 0) is 9.53 Å². The van der Waals surface area contributed by atoms with Gasteiger partial charge >= 0.3 is 0 Å². The van der Waals surface area contributed by atoms with Crippen molar-refractivity contribution in [1.29, 1.82) is 0 Å². The van der Waals surface area contributed by atoms with E-state index in [-0.39, 0.29) is 11.6 Å². The standard InChI is InChI=1S/C19H17FO3S/c1-19(2)18(21)16(13-5-4-6-14(20)11-13)17(22-19)12-7-9-15(10-8-12)23-24-3/h4-11H,1-3H3. The van der Waals surface area contributed by atoms with Crippen molar-refractivity contribution in [2.24, 2.45) is 0 Å². The molecule has 0 radical (unpaired) electrons. The molecule has 5 heteroatoms. The van der Waals surface area contributed by atoms with Gasteiger partial charge in [-0.05, 0) is 55.8 Å². The third-order valence-electron chi connectivity index (χ3n) is 3.77. The number of benzene rings is 2. The van der Waals surface area contributed by atoms with Crippen LogP contribution in [0.3, 0.4) is 0 Å². The van der Waals surface area contributed by atoms with E-state index in [1.54, 1.807) is 38.1 Å². The average molecular weight is 344 g/mol. The molecular formula is C19H17FO3S. The van der Waals surface area contributed by atoms with Crippen LogP contribution in [0.4, 0.5) is 4.39 Å². The Morgan fingerprint density at radius 3 is 2.42 bits per heavy atom. The summed E-state index contributed by atoms with van der Waals surface area (Å²) in [6.45, 7) is 3.43. The second kappa shape index (κ2) is 6.32. The normalized spacial score (nSPS) is 16.2. The summed E-state index contributed by atoms with van der Waals surface area (Å²) in [5.74, 6) is 0.627. The Labute approximate surface area is 144 Å². The van der Waals surface area contributed by atoms with E-state index >= 15 is 0 Å². The molecule has 0 bridgehead atoms. The Balaban J connectivity index is 2.11. The minimum atomic E-state index is -0.981. The number of ketones is 1. The van der Waals surface area contributed by atoms with Crippen LogP contribution >= 0.6 is 12.0 Å². The predicted octanol–water partition coefficient (Wildman–Crippen LogP) is 4.73. The molecule has 0 fully saturated rings. The predicted molar refractivity (Wildman–Crippen MR) is 94.0 cm³/mol. The van der Waals surface area contributed by atoms with E-state index in [2.05, 4.69) is 0 Å². The molecule has 24 heavy (non-hydrogen) atoms. The summed E-state index contributed by atoms with van der Waals surface area (Å²) in [5, 5.41) is 0. The zero-order valence-corrected chi connectivity index (χ0v) is 14.4. The van der Waals surface area contributed by atoms with E-state index in [4.69, 9.17) is 8.92 Å². The van der Waals surface area contributed by atoms with Gasteiger partial charge in [0.15, 0.2) is 5.60 Å². The third-order valence-corrected chi connectivity index (χ3v) is 4.13. The molecule has 1 aliphatic rings. The number of carbonyl (C=O) groups excluding carboxylic acids is 1. The lowest BCUT2D eigenvalue weighted by atomic mass is 9.92. The van der Waals surface area contributed by atoms with Crippen LogP contribution in [0, 0.1) is 5.82 Å². The second-order valence-electron chi connectivity index (χ2n) is 5.93. The summed E-state index contributed by atoms with van der Waals surface area (Å²) in [6.07, 6.45) is 1.83. The van der Waals surface area contributed by atoms with Gasteiger partial charge in [0, 0.05) is 11.8 Å². The fourth-order valence-corrected chi connectivity index (χ4v) is 2.93. The van der Waals surface area contributed by atoms with Gasteiger partial charge in [0.1, 0.15) is 17.3 Å². The smallest absolute Gasteiger partial charge is 0.210 e. The molecule has 1 heterocycles. The SMILES string of the molecule is CSOc1ccc(C2=C(c3cccc(F)c3)C(=O)C(C)(C)O2)cc1. The molecule has 0 saturated heterocycles. The van der Waals surface area contributed by atoms with E-state index < -0.39 is 5.60 Å². The topological polar surface area (TPSA) is 35.5 Å². The van der Waals surface area contributed by atoms with E-state index in [9.17, 15) is 9.18 Å². The highest BCUT2D eigenvalue weighted by molar-refractivity contribution is 7.94. The highest BCUT2D eigenvalue weighted by atomic mass is 32.2. The van der Waals surface area contributed by atoms with E-state index in [0.717, 1.165) is 5.56 Å². The van der Waals surface area contributed by atoms with E-state index in [1.165, 1.54) is 24.2 Å². The Bertz CT molecular complexity index is 810. The third kappa shape index (κ3) is 3.04. The molecule has 2 aromatic carbocycles. The number of ether oxygens (including phenoxy) is 1. The van der Waals surface area contributed by atoms with Crippen molar-refractivity contribution >= 4 is 29.2 Å². The van der Waals surface area contributed by atoms with Crippen LogP contribution in [-0.4, -0.2) is 17.6 Å². The van der Waals surface area contributed by atoms with Gasteiger partial charge in [-0.2, -0.15) is 0 Å². The van der Waals surface area contributed by atoms with Crippen LogP contribution < -0.4 is 4.18 Å². The maximum absolute atomic E-state index is 13.6. The molecule has 0 spiro atoms. The molecule has 3 rings (SSSR count). The lowest BCUT2D eigenvalue weighted by Gasteiger charge is -2.17. The molecule has 0 N–H and O–H groups in total. The molecule has 1 aliphatic heterocycles. The zero-order valence-electron chi connectivity index (χ0n) is 13.6. The first-order chi connectivity index (χ1) is 11.4. The Morgan fingerprint density at radius 2 is 1.79 bits per heavy atom. The molecule has 0 atom stereocenters. The van der Waals surface area contributed by atoms with Crippen molar-refractivity contribution in [3.63, 3.8) is 0 Å². The van der Waals surface area contributed by atoms with Crippen molar-refractivity contribution < 1.29 is 18.1 Å².